The number of anilines is 1. The number of hydrogen-bond acceptors (Lipinski definition) is 4. The molecule has 138 valence electrons. The van der Waals surface area contributed by atoms with Crippen molar-refractivity contribution < 1.29 is 32.6 Å². The minimum atomic E-state index is -4.85. The molecule has 1 aliphatic rings. The summed E-state index contributed by atoms with van der Waals surface area (Å²) in [4.78, 5) is 24.2. The fraction of sp³-hybridized carbons (Fsp3) is 0.312. The van der Waals surface area contributed by atoms with Crippen LogP contribution in [0.3, 0.4) is 0 Å². The van der Waals surface area contributed by atoms with E-state index in [4.69, 9.17) is 0 Å². The topological polar surface area (TPSA) is 84.7 Å². The van der Waals surface area contributed by atoms with E-state index in [0.717, 1.165) is 11.1 Å². The molecule has 26 heavy (non-hydrogen) atoms. The van der Waals surface area contributed by atoms with Crippen molar-refractivity contribution in [1.29, 1.82) is 0 Å². The fourth-order valence-corrected chi connectivity index (χ4v) is 2.98. The summed E-state index contributed by atoms with van der Waals surface area (Å²) in [7, 11) is 0. The van der Waals surface area contributed by atoms with Gasteiger partial charge in [-0.15, -0.1) is 0 Å². The molecule has 1 aromatic heterocycles. The second kappa shape index (κ2) is 6.36. The molecule has 0 aliphatic carbocycles. The van der Waals surface area contributed by atoms with Crippen LogP contribution in [0.15, 0.2) is 24.4 Å². The molecule has 0 fully saturated rings. The number of aromatic nitrogens is 2. The Kier molecular flexibility index (Phi) is 4.34. The summed E-state index contributed by atoms with van der Waals surface area (Å²) in [6.45, 7) is 1.55. The monoisotopic (exact) mass is 369 g/mol. The highest BCUT2D eigenvalue weighted by molar-refractivity contribution is 5.92. The van der Waals surface area contributed by atoms with E-state index in [1.165, 1.54) is 25.1 Å². The molecule has 1 amide bonds. The molecule has 0 radical (unpaired) electrons. The van der Waals surface area contributed by atoms with Gasteiger partial charge in [-0.05, 0) is 25.5 Å². The van der Waals surface area contributed by atoms with Crippen molar-refractivity contribution in [2.45, 2.75) is 19.5 Å². The standard InChI is InChI=1S/C16H14F3N3O4/c1-2-26-14(23)10-8-20-22(13(10)16(17,18)19)12-5-3-4-11-9(12)6-7-21(11)15(24)25/h3-5,8H,2,6-7H2,1H3,(H,24,25). The van der Waals surface area contributed by atoms with Gasteiger partial charge in [-0.2, -0.15) is 18.3 Å². The van der Waals surface area contributed by atoms with E-state index in [1.54, 1.807) is 0 Å². The summed E-state index contributed by atoms with van der Waals surface area (Å²) in [5, 5.41) is 12.9. The Bertz CT molecular complexity index is 876. The Morgan fingerprint density at radius 2 is 2.00 bits per heavy atom. The van der Waals surface area contributed by atoms with Gasteiger partial charge in [-0.1, -0.05) is 6.07 Å². The Hall–Kier alpha value is -3.04. The molecule has 1 N–H and O–H groups in total. The number of rotatable bonds is 3. The van der Waals surface area contributed by atoms with Gasteiger partial charge in [0.15, 0.2) is 5.69 Å². The number of ether oxygens (including phenoxy) is 1. The van der Waals surface area contributed by atoms with Crippen LogP contribution in [0.1, 0.15) is 28.5 Å². The fourth-order valence-electron chi connectivity index (χ4n) is 2.98. The Balaban J connectivity index is 2.18. The number of halogens is 3. The van der Waals surface area contributed by atoms with E-state index in [2.05, 4.69) is 9.84 Å². The lowest BCUT2D eigenvalue weighted by Crippen LogP contribution is -2.26. The average Bonchev–Trinajstić information content (AvgIpc) is 3.18. The molecule has 0 saturated heterocycles. The number of esters is 1. The van der Waals surface area contributed by atoms with Crippen LogP contribution >= 0.6 is 0 Å². The quantitative estimate of drug-likeness (QED) is 0.841. The molecule has 1 aromatic carbocycles. The molecule has 2 aromatic rings. The van der Waals surface area contributed by atoms with Crippen molar-refractivity contribution in [3.8, 4) is 5.69 Å². The minimum Gasteiger partial charge on any atom is -0.465 e. The van der Waals surface area contributed by atoms with Crippen molar-refractivity contribution in [2.24, 2.45) is 0 Å². The second-order valence-corrected chi connectivity index (χ2v) is 5.50. The van der Waals surface area contributed by atoms with Gasteiger partial charge >= 0.3 is 18.2 Å². The summed E-state index contributed by atoms with van der Waals surface area (Å²) < 4.78 is 46.1. The summed E-state index contributed by atoms with van der Waals surface area (Å²) in [6.07, 6.45) is -5.00. The number of carbonyl (C=O) groups excluding carboxylic acids is 1. The van der Waals surface area contributed by atoms with Crippen LogP contribution in [-0.4, -0.2) is 40.1 Å². The number of carbonyl (C=O) groups is 2. The largest absolute Gasteiger partial charge is 0.465 e. The molecule has 2 heterocycles. The van der Waals surface area contributed by atoms with Gasteiger partial charge in [0, 0.05) is 12.1 Å². The van der Waals surface area contributed by atoms with Crippen LogP contribution in [0.25, 0.3) is 5.69 Å². The number of hydrogen-bond donors (Lipinski definition) is 1. The Labute approximate surface area is 145 Å². The lowest BCUT2D eigenvalue weighted by atomic mass is 10.1. The number of carboxylic acid groups (broad SMARTS) is 1. The van der Waals surface area contributed by atoms with Gasteiger partial charge in [0.1, 0.15) is 5.56 Å². The molecule has 7 nitrogen and oxygen atoms in total. The van der Waals surface area contributed by atoms with Crippen molar-refractivity contribution in [1.82, 2.24) is 9.78 Å². The first-order chi connectivity index (χ1) is 12.3. The van der Waals surface area contributed by atoms with Gasteiger partial charge in [-0.25, -0.2) is 14.3 Å². The van der Waals surface area contributed by atoms with E-state index in [9.17, 15) is 27.9 Å². The van der Waals surface area contributed by atoms with Crippen molar-refractivity contribution in [3.63, 3.8) is 0 Å². The molecule has 1 aliphatic heterocycles. The van der Waals surface area contributed by atoms with E-state index in [1.807, 2.05) is 0 Å². The smallest absolute Gasteiger partial charge is 0.434 e. The first-order valence-electron chi connectivity index (χ1n) is 7.70. The molecule has 0 bridgehead atoms. The summed E-state index contributed by atoms with van der Waals surface area (Å²) >= 11 is 0. The maximum Gasteiger partial charge on any atom is 0.434 e. The van der Waals surface area contributed by atoms with Crippen molar-refractivity contribution >= 4 is 17.7 Å². The van der Waals surface area contributed by atoms with Crippen LogP contribution < -0.4 is 4.90 Å². The normalized spacial score (nSPS) is 13.6. The molecule has 0 atom stereocenters. The van der Waals surface area contributed by atoms with Crippen LogP contribution in [0, 0.1) is 0 Å². The molecule has 0 saturated carbocycles. The first kappa shape index (κ1) is 17.8. The first-order valence-corrected chi connectivity index (χ1v) is 7.70. The second-order valence-electron chi connectivity index (χ2n) is 5.50. The minimum absolute atomic E-state index is 0.0738. The van der Waals surface area contributed by atoms with E-state index >= 15 is 0 Å². The van der Waals surface area contributed by atoms with Crippen LogP contribution in [0.2, 0.25) is 0 Å². The van der Waals surface area contributed by atoms with Gasteiger partial charge in [-0.3, -0.25) is 4.90 Å². The summed E-state index contributed by atoms with van der Waals surface area (Å²) in [6, 6.07) is 4.37. The van der Waals surface area contributed by atoms with Crippen LogP contribution in [-0.2, 0) is 17.3 Å². The highest BCUT2D eigenvalue weighted by Crippen LogP contribution is 2.38. The third-order valence-electron chi connectivity index (χ3n) is 3.99. The summed E-state index contributed by atoms with van der Waals surface area (Å²) in [5.41, 5.74) is -1.15. The number of nitrogens with zero attached hydrogens (tertiary/aromatic N) is 3. The van der Waals surface area contributed by atoms with E-state index < -0.39 is 29.5 Å². The van der Waals surface area contributed by atoms with Gasteiger partial charge in [0.05, 0.1) is 24.2 Å². The van der Waals surface area contributed by atoms with Crippen molar-refractivity contribution in [3.05, 3.63) is 41.2 Å². The Morgan fingerprint density at radius 1 is 1.31 bits per heavy atom. The Morgan fingerprint density at radius 3 is 2.62 bits per heavy atom. The molecule has 3 rings (SSSR count). The molecule has 0 spiro atoms. The van der Waals surface area contributed by atoms with Crippen LogP contribution in [0.5, 0.6) is 0 Å². The van der Waals surface area contributed by atoms with Gasteiger partial charge < -0.3 is 9.84 Å². The van der Waals surface area contributed by atoms with Gasteiger partial charge in [0.2, 0.25) is 0 Å². The van der Waals surface area contributed by atoms with Crippen molar-refractivity contribution in [2.75, 3.05) is 18.1 Å². The number of amides is 1. The number of fused-ring (bicyclic) bond motifs is 1. The molecule has 0 unspecified atom stereocenters. The third-order valence-corrected chi connectivity index (χ3v) is 3.99. The highest BCUT2D eigenvalue weighted by Gasteiger charge is 2.42. The lowest BCUT2D eigenvalue weighted by molar-refractivity contribution is -0.143. The van der Waals surface area contributed by atoms with Crippen LogP contribution in [0.4, 0.5) is 23.7 Å². The molecule has 10 heteroatoms. The predicted octanol–water partition coefficient (Wildman–Crippen LogP) is 3.11. The molecular formula is C16H14F3N3O4. The SMILES string of the molecule is CCOC(=O)c1cnn(-c2cccc3c2CCN3C(=O)O)c1C(F)(F)F. The van der Waals surface area contributed by atoms with Gasteiger partial charge in [0.25, 0.3) is 0 Å². The zero-order valence-electron chi connectivity index (χ0n) is 13.6. The zero-order valence-corrected chi connectivity index (χ0v) is 13.6. The van der Waals surface area contributed by atoms with E-state index in [-0.39, 0.29) is 25.3 Å². The number of benzene rings is 1. The van der Waals surface area contributed by atoms with E-state index in [0.29, 0.717) is 15.9 Å². The maximum absolute atomic E-state index is 13.6. The third kappa shape index (κ3) is 2.87. The molecular weight excluding hydrogens is 355 g/mol. The summed E-state index contributed by atoms with van der Waals surface area (Å²) in [5.74, 6) is -1.12. The maximum atomic E-state index is 13.6. The lowest BCUT2D eigenvalue weighted by Gasteiger charge is -2.16. The highest BCUT2D eigenvalue weighted by atomic mass is 19.4. The average molecular weight is 369 g/mol. The zero-order chi connectivity index (χ0) is 19.1. The predicted molar refractivity (Wildman–Crippen MR) is 83.6 cm³/mol. The number of alkyl halides is 3.